The van der Waals surface area contributed by atoms with Gasteiger partial charge < -0.3 is 5.32 Å². The number of hydrogen-bond donors (Lipinski definition) is 1. The number of hydrogen-bond acceptors (Lipinski definition) is 3. The molecule has 1 amide bonds. The van der Waals surface area contributed by atoms with Crippen molar-refractivity contribution in [2.24, 2.45) is 0 Å². The Hall–Kier alpha value is -2.25. The van der Waals surface area contributed by atoms with Gasteiger partial charge in [-0.2, -0.15) is 4.31 Å². The summed E-state index contributed by atoms with van der Waals surface area (Å²) >= 11 is 0. The van der Waals surface area contributed by atoms with Crippen LogP contribution in [0.3, 0.4) is 0 Å². The van der Waals surface area contributed by atoms with Crippen LogP contribution >= 0.6 is 0 Å². The minimum absolute atomic E-state index is 0.183. The Morgan fingerprint density at radius 3 is 2.27 bits per heavy atom. The van der Waals surface area contributed by atoms with Gasteiger partial charge in [0.15, 0.2) is 0 Å². The third kappa shape index (κ3) is 5.46. The van der Waals surface area contributed by atoms with Gasteiger partial charge in [0.05, 0.1) is 17.5 Å². The first kappa shape index (κ1) is 22.4. The van der Waals surface area contributed by atoms with Crippen molar-refractivity contribution in [3.05, 3.63) is 65.5 Å². The number of rotatable bonds is 7. The van der Waals surface area contributed by atoms with Crippen molar-refractivity contribution in [3.8, 4) is 0 Å². The first-order valence-corrected chi connectivity index (χ1v) is 11.8. The quantitative estimate of drug-likeness (QED) is 0.708. The third-order valence-electron chi connectivity index (χ3n) is 5.66. The van der Waals surface area contributed by atoms with Crippen LogP contribution < -0.4 is 5.32 Å². The molecule has 2 aromatic carbocycles. The fourth-order valence-electron chi connectivity index (χ4n) is 3.89. The molecule has 30 heavy (non-hydrogen) atoms. The van der Waals surface area contributed by atoms with Crippen LogP contribution in [-0.4, -0.2) is 31.2 Å². The summed E-state index contributed by atoms with van der Waals surface area (Å²) in [5, 5.41) is 2.85. The Labute approximate surface area is 178 Å². The summed E-state index contributed by atoms with van der Waals surface area (Å²) < 4.78 is 41.3. The summed E-state index contributed by atoms with van der Waals surface area (Å²) in [7, 11) is -3.80. The number of carbonyl (C=O) groups excluding carboxylic acids is 1. The van der Waals surface area contributed by atoms with Gasteiger partial charge in [-0.15, -0.1) is 0 Å². The molecule has 0 radical (unpaired) electrons. The molecule has 0 aromatic heterocycles. The highest BCUT2D eigenvalue weighted by Gasteiger charge is 2.34. The summed E-state index contributed by atoms with van der Waals surface area (Å²) in [4.78, 5) is 13.0. The Balaban J connectivity index is 1.79. The molecule has 1 aliphatic rings. The highest BCUT2D eigenvalue weighted by molar-refractivity contribution is 7.89. The van der Waals surface area contributed by atoms with E-state index >= 15 is 0 Å². The number of amides is 1. The molecule has 0 unspecified atom stereocenters. The van der Waals surface area contributed by atoms with Crippen molar-refractivity contribution >= 4 is 15.9 Å². The van der Waals surface area contributed by atoms with E-state index in [0.717, 1.165) is 43.2 Å². The van der Waals surface area contributed by atoms with E-state index in [4.69, 9.17) is 0 Å². The van der Waals surface area contributed by atoms with Crippen LogP contribution in [0.1, 0.15) is 56.2 Å². The third-order valence-corrected chi connectivity index (χ3v) is 7.57. The van der Waals surface area contributed by atoms with Crippen LogP contribution in [-0.2, 0) is 14.8 Å². The minimum atomic E-state index is -3.80. The van der Waals surface area contributed by atoms with Crippen LogP contribution in [0.15, 0.2) is 53.4 Å². The molecular formula is C23H29FN2O3S. The predicted octanol–water partition coefficient (Wildman–Crippen LogP) is 4.33. The largest absolute Gasteiger partial charge is 0.348 e. The van der Waals surface area contributed by atoms with E-state index in [9.17, 15) is 17.6 Å². The topological polar surface area (TPSA) is 66.5 Å². The molecule has 0 aliphatic heterocycles. The van der Waals surface area contributed by atoms with E-state index in [1.165, 1.54) is 16.4 Å². The van der Waals surface area contributed by atoms with Crippen LogP contribution in [0.25, 0.3) is 0 Å². The van der Waals surface area contributed by atoms with Crippen molar-refractivity contribution in [2.75, 3.05) is 6.54 Å². The van der Waals surface area contributed by atoms with Gasteiger partial charge in [0.1, 0.15) is 5.82 Å². The van der Waals surface area contributed by atoms with Crippen LogP contribution in [0, 0.1) is 12.7 Å². The standard InChI is InChI=1S/C23H29FN2O3S/c1-17-8-14-22(15-9-17)30(28,29)26(21-6-4-3-5-7-21)16-23(27)25-18(2)19-10-12-20(24)13-11-19/h8-15,18,21H,3-7,16H2,1-2H3,(H,25,27)/t18-/m1/s1. The van der Waals surface area contributed by atoms with Crippen LogP contribution in [0.4, 0.5) is 4.39 Å². The number of nitrogens with one attached hydrogen (secondary N) is 1. The van der Waals surface area contributed by atoms with E-state index in [0.29, 0.717) is 0 Å². The van der Waals surface area contributed by atoms with Crippen molar-refractivity contribution in [1.82, 2.24) is 9.62 Å². The second kappa shape index (κ2) is 9.71. The molecule has 1 saturated carbocycles. The zero-order chi connectivity index (χ0) is 21.7. The van der Waals surface area contributed by atoms with Crippen molar-refractivity contribution < 1.29 is 17.6 Å². The molecule has 1 atom stereocenters. The Kier molecular flexibility index (Phi) is 7.26. The van der Waals surface area contributed by atoms with E-state index in [-0.39, 0.29) is 35.2 Å². The summed E-state index contributed by atoms with van der Waals surface area (Å²) in [6.45, 7) is 3.47. The average molecular weight is 433 g/mol. The van der Waals surface area contributed by atoms with E-state index < -0.39 is 10.0 Å². The van der Waals surface area contributed by atoms with Gasteiger partial charge in [0, 0.05) is 6.04 Å². The average Bonchev–Trinajstić information content (AvgIpc) is 2.73. The van der Waals surface area contributed by atoms with Gasteiger partial charge in [-0.3, -0.25) is 4.79 Å². The fourth-order valence-corrected chi connectivity index (χ4v) is 5.53. The molecule has 2 aromatic rings. The molecule has 1 fully saturated rings. The number of sulfonamides is 1. The van der Waals surface area contributed by atoms with Crippen molar-refractivity contribution in [2.45, 2.75) is 62.9 Å². The molecule has 0 bridgehead atoms. The molecule has 5 nitrogen and oxygen atoms in total. The van der Waals surface area contributed by atoms with Crippen molar-refractivity contribution in [3.63, 3.8) is 0 Å². The highest BCUT2D eigenvalue weighted by atomic mass is 32.2. The van der Waals surface area contributed by atoms with Crippen molar-refractivity contribution in [1.29, 1.82) is 0 Å². The maximum absolute atomic E-state index is 13.4. The molecule has 1 aliphatic carbocycles. The first-order chi connectivity index (χ1) is 14.3. The number of nitrogens with zero attached hydrogens (tertiary/aromatic N) is 1. The minimum Gasteiger partial charge on any atom is -0.348 e. The van der Waals surface area contributed by atoms with Gasteiger partial charge >= 0.3 is 0 Å². The zero-order valence-electron chi connectivity index (χ0n) is 17.5. The predicted molar refractivity (Wildman–Crippen MR) is 115 cm³/mol. The molecule has 0 heterocycles. The van der Waals surface area contributed by atoms with E-state index in [2.05, 4.69) is 5.32 Å². The van der Waals surface area contributed by atoms with E-state index in [1.807, 2.05) is 6.92 Å². The van der Waals surface area contributed by atoms with Crippen LogP contribution in [0.2, 0.25) is 0 Å². The lowest BCUT2D eigenvalue weighted by molar-refractivity contribution is -0.122. The molecule has 7 heteroatoms. The summed E-state index contributed by atoms with van der Waals surface area (Å²) in [6, 6.07) is 12.1. The molecule has 3 rings (SSSR count). The lowest BCUT2D eigenvalue weighted by atomic mass is 9.95. The SMILES string of the molecule is Cc1ccc(S(=O)(=O)N(CC(=O)N[C@H](C)c2ccc(F)cc2)C2CCCCC2)cc1. The summed E-state index contributed by atoms with van der Waals surface area (Å²) in [6.07, 6.45) is 4.51. The maximum atomic E-state index is 13.4. The number of benzene rings is 2. The lowest BCUT2D eigenvalue weighted by Gasteiger charge is -2.33. The highest BCUT2D eigenvalue weighted by Crippen LogP contribution is 2.28. The molecule has 0 spiro atoms. The Bertz CT molecular complexity index is 953. The van der Waals surface area contributed by atoms with Gasteiger partial charge in [-0.1, -0.05) is 49.1 Å². The van der Waals surface area contributed by atoms with Gasteiger partial charge in [-0.05, 0) is 56.5 Å². The van der Waals surface area contributed by atoms with E-state index in [1.54, 1.807) is 43.3 Å². The normalized spacial score (nSPS) is 16.4. The first-order valence-electron chi connectivity index (χ1n) is 10.4. The zero-order valence-corrected chi connectivity index (χ0v) is 18.3. The fraction of sp³-hybridized carbons (Fsp3) is 0.435. The number of aryl methyl sites for hydroxylation is 1. The Morgan fingerprint density at radius 2 is 1.67 bits per heavy atom. The summed E-state index contributed by atoms with van der Waals surface area (Å²) in [5.41, 5.74) is 1.74. The van der Waals surface area contributed by atoms with Gasteiger partial charge in [-0.25, -0.2) is 12.8 Å². The summed E-state index contributed by atoms with van der Waals surface area (Å²) in [5.74, 6) is -0.710. The lowest BCUT2D eigenvalue weighted by Crippen LogP contribution is -2.47. The smallest absolute Gasteiger partial charge is 0.243 e. The molecule has 0 saturated heterocycles. The molecule has 1 N–H and O–H groups in total. The Morgan fingerprint density at radius 1 is 1.07 bits per heavy atom. The molecular weight excluding hydrogens is 403 g/mol. The second-order valence-corrected chi connectivity index (χ2v) is 9.89. The molecule has 162 valence electrons. The number of carbonyl (C=O) groups is 1. The monoisotopic (exact) mass is 432 g/mol. The second-order valence-electron chi connectivity index (χ2n) is 8.00. The van der Waals surface area contributed by atoms with Gasteiger partial charge in [0.25, 0.3) is 0 Å². The number of halogens is 1. The maximum Gasteiger partial charge on any atom is 0.243 e. The van der Waals surface area contributed by atoms with Crippen LogP contribution in [0.5, 0.6) is 0 Å². The van der Waals surface area contributed by atoms with Gasteiger partial charge in [0.2, 0.25) is 15.9 Å².